The number of aromatic nitrogens is 8. The summed E-state index contributed by atoms with van der Waals surface area (Å²) in [7, 11) is 0. The van der Waals surface area contributed by atoms with Gasteiger partial charge in [-0.25, -0.2) is 34.5 Å². The van der Waals surface area contributed by atoms with Gasteiger partial charge in [-0.05, 0) is 37.3 Å². The summed E-state index contributed by atoms with van der Waals surface area (Å²) in [5.74, 6) is 3.36. The topological polar surface area (TPSA) is 97.3 Å². The van der Waals surface area contributed by atoms with Gasteiger partial charge in [-0.3, -0.25) is 4.98 Å². The third-order valence-corrected chi connectivity index (χ3v) is 9.05. The molecule has 9 nitrogen and oxygen atoms in total. The number of hydrogen-bond donors (Lipinski definition) is 0. The Morgan fingerprint density at radius 1 is 0.659 bits per heavy atom. The van der Waals surface area contributed by atoms with Crippen molar-refractivity contribution in [1.82, 2.24) is 34.9 Å². The van der Waals surface area contributed by atoms with Gasteiger partial charge in [0.2, 0.25) is 0 Å². The van der Waals surface area contributed by atoms with Crippen LogP contribution < -0.4 is 9.47 Å². The van der Waals surface area contributed by atoms with E-state index in [9.17, 15) is 0 Å². The molecule has 9 heteroatoms. The fraction of sp³-hybridized carbons (Fsp3) is 0.371. The van der Waals surface area contributed by atoms with Crippen LogP contribution in [0.25, 0.3) is 22.3 Å². The lowest BCUT2D eigenvalue weighted by atomic mass is 9.96. The van der Waals surface area contributed by atoms with E-state index < -0.39 is 0 Å². The van der Waals surface area contributed by atoms with Crippen LogP contribution in [0.15, 0.2) is 80.0 Å². The quantitative estimate of drug-likeness (QED) is 0.244. The van der Waals surface area contributed by atoms with Crippen molar-refractivity contribution >= 4 is 5.82 Å². The van der Waals surface area contributed by atoms with Gasteiger partial charge in [-0.2, -0.15) is 0 Å². The highest BCUT2D eigenvalue weighted by Crippen LogP contribution is 2.28. The molecule has 5 aromatic heterocycles. The van der Waals surface area contributed by atoms with Crippen LogP contribution in [0.2, 0.25) is 0 Å². The van der Waals surface area contributed by atoms with Crippen LogP contribution in [0.1, 0.15) is 80.3 Å². The Morgan fingerprint density at radius 2 is 1.27 bits per heavy atom. The SMILES string of the molecule is CC1CCC(C)c2ncc(cn2)-c2ccc(nc2)CC(c2cc(N3CCCC3)ncn2)C[n+]2ccc(cc2)-c2cnc1nc2. The number of rotatable bonds is 2. The van der Waals surface area contributed by atoms with E-state index in [1.165, 1.54) is 12.8 Å². The molecule has 5 aromatic rings. The first-order chi connectivity index (χ1) is 21.6. The average molecular weight is 585 g/mol. The van der Waals surface area contributed by atoms with Gasteiger partial charge in [-0.1, -0.05) is 19.9 Å². The van der Waals surface area contributed by atoms with Gasteiger partial charge in [-0.15, -0.1) is 0 Å². The lowest BCUT2D eigenvalue weighted by Gasteiger charge is -2.19. The van der Waals surface area contributed by atoms with Crippen molar-refractivity contribution in [3.05, 3.63) is 103 Å². The molecule has 8 aliphatic heterocycles. The highest BCUT2D eigenvalue weighted by molar-refractivity contribution is 5.61. The summed E-state index contributed by atoms with van der Waals surface area (Å²) in [6.45, 7) is 7.24. The first-order valence-electron chi connectivity index (χ1n) is 15.7. The molecule has 0 saturated carbocycles. The molecule has 0 aliphatic carbocycles. The van der Waals surface area contributed by atoms with Gasteiger partial charge in [0.05, 0.1) is 11.6 Å². The maximum absolute atomic E-state index is 4.89. The Balaban J connectivity index is 1.24. The molecule has 3 unspecified atom stereocenters. The molecule has 0 aromatic carbocycles. The van der Waals surface area contributed by atoms with Crippen LogP contribution >= 0.6 is 0 Å². The minimum atomic E-state index is 0.114. The number of hydrogen-bond acceptors (Lipinski definition) is 8. The molecule has 0 N–H and O–H groups in total. The number of nitrogens with zero attached hydrogens (tertiary/aromatic N) is 9. The van der Waals surface area contributed by atoms with Crippen molar-refractivity contribution in [2.45, 2.75) is 70.3 Å². The van der Waals surface area contributed by atoms with Gasteiger partial charge in [0, 0.05) is 103 Å². The largest absolute Gasteiger partial charge is 0.357 e. The molecule has 13 heterocycles. The van der Waals surface area contributed by atoms with Crippen molar-refractivity contribution in [3.8, 4) is 22.3 Å². The van der Waals surface area contributed by atoms with Crippen molar-refractivity contribution in [3.63, 3.8) is 0 Å². The number of pyridine rings is 2. The van der Waals surface area contributed by atoms with Crippen LogP contribution in [-0.2, 0) is 13.0 Å². The van der Waals surface area contributed by atoms with Crippen molar-refractivity contribution in [2.75, 3.05) is 18.0 Å². The van der Waals surface area contributed by atoms with Gasteiger partial charge in [0.1, 0.15) is 23.8 Å². The second-order valence-electron chi connectivity index (χ2n) is 12.3. The highest BCUT2D eigenvalue weighted by atomic mass is 15.2. The van der Waals surface area contributed by atoms with Crippen LogP contribution in [0.4, 0.5) is 5.82 Å². The first-order valence-corrected chi connectivity index (χ1v) is 15.7. The summed E-state index contributed by atoms with van der Waals surface area (Å²) in [6.07, 6.45) is 20.8. The summed E-state index contributed by atoms with van der Waals surface area (Å²) < 4.78 is 2.23. The predicted molar refractivity (Wildman–Crippen MR) is 169 cm³/mol. The van der Waals surface area contributed by atoms with E-state index in [-0.39, 0.29) is 17.8 Å². The maximum Gasteiger partial charge on any atom is 0.169 e. The third-order valence-electron chi connectivity index (χ3n) is 9.05. The fourth-order valence-electron chi connectivity index (χ4n) is 6.20. The normalized spacial score (nSPS) is 20.4. The van der Waals surface area contributed by atoms with Crippen LogP contribution in [0.3, 0.4) is 0 Å². The van der Waals surface area contributed by atoms with Gasteiger partial charge >= 0.3 is 0 Å². The molecule has 13 rings (SSSR count). The van der Waals surface area contributed by atoms with Crippen LogP contribution in [0, 0.1) is 0 Å². The molecule has 3 atom stereocenters. The molecule has 0 spiro atoms. The second kappa shape index (κ2) is 12.5. The van der Waals surface area contributed by atoms with E-state index in [0.717, 1.165) is 90.0 Å². The third kappa shape index (κ3) is 6.18. The predicted octanol–water partition coefficient (Wildman–Crippen LogP) is 5.70. The van der Waals surface area contributed by atoms with E-state index in [0.29, 0.717) is 0 Å². The van der Waals surface area contributed by atoms with Crippen LogP contribution in [0.5, 0.6) is 0 Å². The second-order valence-corrected chi connectivity index (χ2v) is 12.3. The molecule has 8 bridgehead atoms. The molecule has 44 heavy (non-hydrogen) atoms. The van der Waals surface area contributed by atoms with Gasteiger partial charge in [0.25, 0.3) is 0 Å². The Labute approximate surface area is 258 Å². The van der Waals surface area contributed by atoms with E-state index >= 15 is 0 Å². The average Bonchev–Trinajstić information content (AvgIpc) is 3.63. The Bertz CT molecular complexity index is 1580. The van der Waals surface area contributed by atoms with E-state index in [2.05, 4.69) is 71.0 Å². The number of anilines is 1. The molecule has 0 radical (unpaired) electrons. The highest BCUT2D eigenvalue weighted by Gasteiger charge is 2.23. The Morgan fingerprint density at radius 3 is 1.89 bits per heavy atom. The zero-order valence-electron chi connectivity index (χ0n) is 25.4. The van der Waals surface area contributed by atoms with E-state index in [1.54, 1.807) is 6.33 Å². The molecule has 1 saturated heterocycles. The van der Waals surface area contributed by atoms with Crippen LogP contribution in [-0.4, -0.2) is 48.0 Å². The van der Waals surface area contributed by atoms with Crippen molar-refractivity contribution in [1.29, 1.82) is 0 Å². The smallest absolute Gasteiger partial charge is 0.169 e. The molecule has 0 amide bonds. The minimum absolute atomic E-state index is 0.114. The Hall–Kier alpha value is -4.66. The lowest BCUT2D eigenvalue weighted by Crippen LogP contribution is -2.37. The van der Waals surface area contributed by atoms with E-state index in [1.807, 2.05) is 31.0 Å². The van der Waals surface area contributed by atoms with Gasteiger partial charge in [0.15, 0.2) is 18.9 Å². The molecule has 1 fully saturated rings. The maximum atomic E-state index is 4.89. The standard InChI is InChI=1S/C35H38N9/c1-24-5-6-25(2)35-39-20-30(21-40-35)27-7-8-31(36-17-27)15-28(32-16-33(42-23-41-32)44-11-3-4-12-44)22-43-13-9-26(10-14-43)29-18-37-34(24)38-19-29/h7-10,13-14,16-21,23-25,28H,3-6,11-12,15,22H2,1-2H3/q+1. The van der Waals surface area contributed by atoms with Crippen molar-refractivity contribution in [2.24, 2.45) is 0 Å². The molecule has 222 valence electrons. The molecule has 8 aliphatic rings. The monoisotopic (exact) mass is 584 g/mol. The summed E-state index contributed by atoms with van der Waals surface area (Å²) >= 11 is 0. The summed E-state index contributed by atoms with van der Waals surface area (Å²) in [6, 6.07) is 10.7. The van der Waals surface area contributed by atoms with Gasteiger partial charge < -0.3 is 4.90 Å². The zero-order chi connectivity index (χ0) is 29.9. The van der Waals surface area contributed by atoms with E-state index in [4.69, 9.17) is 29.9 Å². The van der Waals surface area contributed by atoms with Crippen molar-refractivity contribution < 1.29 is 4.57 Å². The first kappa shape index (κ1) is 28.1. The fourth-order valence-corrected chi connectivity index (χ4v) is 6.20. The summed E-state index contributed by atoms with van der Waals surface area (Å²) in [5.41, 5.74) is 6.15. The zero-order valence-corrected chi connectivity index (χ0v) is 25.4. The summed E-state index contributed by atoms with van der Waals surface area (Å²) in [5, 5.41) is 0. The Kier molecular flexibility index (Phi) is 8.01. The lowest BCUT2D eigenvalue weighted by molar-refractivity contribution is -0.699. The molecular formula is C35H38N9+. The molecular weight excluding hydrogens is 546 g/mol. The summed E-state index contributed by atoms with van der Waals surface area (Å²) in [4.78, 5) is 35.6. The minimum Gasteiger partial charge on any atom is -0.357 e.